The third-order valence-corrected chi connectivity index (χ3v) is 4.86. The first-order valence-corrected chi connectivity index (χ1v) is 6.77. The summed E-state index contributed by atoms with van der Waals surface area (Å²) in [5, 5.41) is 2.14. The molecule has 0 radical (unpaired) electrons. The molecule has 0 saturated heterocycles. The van der Waals surface area contributed by atoms with Crippen LogP contribution < -0.4 is 5.73 Å². The van der Waals surface area contributed by atoms with Crippen LogP contribution in [0.15, 0.2) is 39.1 Å². The number of aromatic nitrogens is 2. The average Bonchev–Trinajstić information content (AvgIpc) is 2.32. The Morgan fingerprint density at radius 1 is 1.35 bits per heavy atom. The Hall–Kier alpha value is -0.780. The van der Waals surface area contributed by atoms with Crippen molar-refractivity contribution >= 4 is 45.0 Å². The Bertz CT molecular complexity index is 562. The van der Waals surface area contributed by atoms with Crippen LogP contribution in [0.1, 0.15) is 5.56 Å². The van der Waals surface area contributed by atoms with Crippen LogP contribution >= 0.6 is 39.3 Å². The topological polar surface area (TPSA) is 51.8 Å². The van der Waals surface area contributed by atoms with E-state index in [1.54, 1.807) is 24.5 Å². The lowest BCUT2D eigenvalue weighted by molar-refractivity contribution is 1.07. The molecule has 0 bridgehead atoms. The van der Waals surface area contributed by atoms with Crippen LogP contribution in [0.5, 0.6) is 0 Å². The fourth-order valence-electron chi connectivity index (χ4n) is 1.18. The number of nitrogens with zero attached hydrogens (tertiary/aromatic N) is 2. The molecule has 0 spiro atoms. The smallest absolute Gasteiger partial charge is 0.121 e. The van der Waals surface area contributed by atoms with Crippen LogP contribution in [0, 0.1) is 6.92 Å². The Morgan fingerprint density at radius 2 is 2.12 bits per heavy atom. The van der Waals surface area contributed by atoms with E-state index in [1.807, 2.05) is 6.92 Å². The van der Waals surface area contributed by atoms with Crippen LogP contribution in [-0.4, -0.2) is 9.97 Å². The second-order valence-electron chi connectivity index (χ2n) is 3.35. The van der Waals surface area contributed by atoms with Crippen LogP contribution in [0.4, 0.5) is 5.69 Å². The van der Waals surface area contributed by atoms with Crippen molar-refractivity contribution in [3.63, 3.8) is 0 Å². The van der Waals surface area contributed by atoms with E-state index in [2.05, 4.69) is 25.9 Å². The Labute approximate surface area is 117 Å². The summed E-state index contributed by atoms with van der Waals surface area (Å²) in [5.41, 5.74) is 7.40. The third kappa shape index (κ3) is 2.73. The van der Waals surface area contributed by atoms with Crippen LogP contribution in [0.25, 0.3) is 0 Å². The normalized spacial score (nSPS) is 10.5. The number of rotatable bonds is 2. The minimum atomic E-state index is 0.612. The summed E-state index contributed by atoms with van der Waals surface area (Å²) in [4.78, 5) is 8.47. The summed E-state index contributed by atoms with van der Waals surface area (Å²) in [6.07, 6.45) is 3.34. The summed E-state index contributed by atoms with van der Waals surface area (Å²) in [7, 11) is 0. The summed E-state index contributed by atoms with van der Waals surface area (Å²) >= 11 is 10.9. The van der Waals surface area contributed by atoms with Gasteiger partial charge in [0.15, 0.2) is 0 Å². The van der Waals surface area contributed by atoms with Gasteiger partial charge in [0.2, 0.25) is 0 Å². The zero-order valence-corrected chi connectivity index (χ0v) is 12.1. The fourth-order valence-corrected chi connectivity index (χ4v) is 2.80. The van der Waals surface area contributed by atoms with Gasteiger partial charge in [-0.05, 0) is 52.3 Å². The summed E-state index contributed by atoms with van der Waals surface area (Å²) in [6, 6.07) is 3.60. The number of anilines is 1. The van der Waals surface area contributed by atoms with E-state index in [9.17, 15) is 0 Å². The molecule has 0 aliphatic heterocycles. The molecule has 2 N–H and O–H groups in total. The van der Waals surface area contributed by atoms with Gasteiger partial charge in [0.25, 0.3) is 0 Å². The molecule has 2 aromatic heterocycles. The molecule has 2 heterocycles. The molecule has 0 unspecified atom stereocenters. The van der Waals surface area contributed by atoms with Crippen molar-refractivity contribution in [3.8, 4) is 0 Å². The van der Waals surface area contributed by atoms with Gasteiger partial charge in [-0.1, -0.05) is 11.6 Å². The van der Waals surface area contributed by atoms with Gasteiger partial charge in [-0.3, -0.25) is 0 Å². The summed E-state index contributed by atoms with van der Waals surface area (Å²) in [6.45, 7) is 1.94. The highest BCUT2D eigenvalue weighted by Gasteiger charge is 2.11. The molecule has 0 aliphatic rings. The van der Waals surface area contributed by atoms with Crippen LogP contribution in [0.3, 0.4) is 0 Å². The maximum absolute atomic E-state index is 6.05. The molecule has 3 nitrogen and oxygen atoms in total. The maximum atomic E-state index is 6.05. The molecule has 88 valence electrons. The van der Waals surface area contributed by atoms with Gasteiger partial charge in [-0.2, -0.15) is 0 Å². The second kappa shape index (κ2) is 5.25. The first kappa shape index (κ1) is 12.7. The lowest BCUT2D eigenvalue weighted by Crippen LogP contribution is -1.94. The molecule has 0 atom stereocenters. The quantitative estimate of drug-likeness (QED) is 0.906. The van der Waals surface area contributed by atoms with E-state index in [4.69, 9.17) is 17.3 Å². The molecule has 6 heteroatoms. The van der Waals surface area contributed by atoms with E-state index in [0.717, 1.165) is 20.1 Å². The number of halogens is 2. The van der Waals surface area contributed by atoms with Gasteiger partial charge in [-0.25, -0.2) is 9.97 Å². The Kier molecular flexibility index (Phi) is 3.91. The molecule has 2 rings (SSSR count). The first-order valence-electron chi connectivity index (χ1n) is 4.78. The van der Waals surface area contributed by atoms with Crippen molar-refractivity contribution in [2.24, 2.45) is 0 Å². The minimum Gasteiger partial charge on any atom is -0.397 e. The van der Waals surface area contributed by atoms with Gasteiger partial charge in [0.1, 0.15) is 10.1 Å². The summed E-state index contributed by atoms with van der Waals surface area (Å²) in [5.74, 6) is 0. The third-order valence-electron chi connectivity index (χ3n) is 2.19. The van der Waals surface area contributed by atoms with E-state index in [0.29, 0.717) is 10.7 Å². The average molecular weight is 331 g/mol. The SMILES string of the molecule is Cc1c(N)cnc(Sc2ncccc2Cl)c1Br. The monoisotopic (exact) mass is 329 g/mol. The van der Waals surface area contributed by atoms with E-state index in [1.165, 1.54) is 11.8 Å². The van der Waals surface area contributed by atoms with Crippen molar-refractivity contribution in [3.05, 3.63) is 39.6 Å². The highest BCUT2D eigenvalue weighted by atomic mass is 79.9. The first-order chi connectivity index (χ1) is 8.09. The fraction of sp³-hybridized carbons (Fsp3) is 0.0909. The maximum Gasteiger partial charge on any atom is 0.121 e. The predicted molar refractivity (Wildman–Crippen MR) is 74.5 cm³/mol. The van der Waals surface area contributed by atoms with E-state index in [-0.39, 0.29) is 0 Å². The largest absolute Gasteiger partial charge is 0.397 e. The van der Waals surface area contributed by atoms with Crippen molar-refractivity contribution in [2.45, 2.75) is 17.0 Å². The molecule has 0 saturated carbocycles. The van der Waals surface area contributed by atoms with Crippen molar-refractivity contribution in [1.29, 1.82) is 0 Å². The number of nitrogens with two attached hydrogens (primary N) is 1. The molecule has 17 heavy (non-hydrogen) atoms. The molecule has 0 amide bonds. The zero-order chi connectivity index (χ0) is 12.4. The zero-order valence-electron chi connectivity index (χ0n) is 8.95. The second-order valence-corrected chi connectivity index (χ2v) is 5.53. The Morgan fingerprint density at radius 3 is 2.82 bits per heavy atom. The molecule has 2 aromatic rings. The van der Waals surface area contributed by atoms with Crippen LogP contribution in [-0.2, 0) is 0 Å². The molecule has 0 fully saturated rings. The van der Waals surface area contributed by atoms with Gasteiger partial charge in [0.05, 0.1) is 21.4 Å². The Balaban J connectivity index is 2.38. The van der Waals surface area contributed by atoms with Crippen LogP contribution in [0.2, 0.25) is 5.02 Å². The minimum absolute atomic E-state index is 0.612. The molecule has 0 aromatic carbocycles. The molecule has 0 aliphatic carbocycles. The van der Waals surface area contributed by atoms with Crippen molar-refractivity contribution in [2.75, 3.05) is 5.73 Å². The summed E-state index contributed by atoms with van der Waals surface area (Å²) < 4.78 is 0.879. The highest BCUT2D eigenvalue weighted by Crippen LogP contribution is 2.36. The molecular weight excluding hydrogens is 322 g/mol. The lowest BCUT2D eigenvalue weighted by atomic mass is 10.3. The van der Waals surface area contributed by atoms with Gasteiger partial charge >= 0.3 is 0 Å². The van der Waals surface area contributed by atoms with E-state index < -0.39 is 0 Å². The van der Waals surface area contributed by atoms with E-state index >= 15 is 0 Å². The van der Waals surface area contributed by atoms with Gasteiger partial charge in [0, 0.05) is 6.20 Å². The van der Waals surface area contributed by atoms with Crippen molar-refractivity contribution in [1.82, 2.24) is 9.97 Å². The lowest BCUT2D eigenvalue weighted by Gasteiger charge is -2.08. The number of nitrogen functional groups attached to an aromatic ring is 1. The predicted octanol–water partition coefficient (Wildman–Crippen LogP) is 3.93. The number of pyridine rings is 2. The number of hydrogen-bond donors (Lipinski definition) is 1. The van der Waals surface area contributed by atoms with Gasteiger partial charge < -0.3 is 5.73 Å². The standard InChI is InChI=1S/C11H9BrClN3S/c1-6-8(14)5-16-11(9(6)12)17-10-7(13)3-2-4-15-10/h2-5H,14H2,1H3. The number of hydrogen-bond acceptors (Lipinski definition) is 4. The van der Waals surface area contributed by atoms with Crippen molar-refractivity contribution < 1.29 is 0 Å². The van der Waals surface area contributed by atoms with Gasteiger partial charge in [-0.15, -0.1) is 0 Å². The molecular formula is C11H9BrClN3S. The highest BCUT2D eigenvalue weighted by molar-refractivity contribution is 9.10.